The summed E-state index contributed by atoms with van der Waals surface area (Å²) in [5.74, 6) is 1.91. The summed E-state index contributed by atoms with van der Waals surface area (Å²) in [6, 6.07) is 90.1. The molecular weight excluding hydrogens is 909 g/mol. The molecule has 0 fully saturated rings. The van der Waals surface area contributed by atoms with E-state index in [1.54, 1.807) is 0 Å². The van der Waals surface area contributed by atoms with Crippen LogP contribution in [0, 0.1) is 0 Å². The van der Waals surface area contributed by atoms with Crippen LogP contribution < -0.4 is 10.6 Å². The van der Waals surface area contributed by atoms with Crippen LogP contribution in [0.3, 0.4) is 0 Å². The molecule has 0 amide bonds. The lowest BCUT2D eigenvalue weighted by molar-refractivity contribution is 0.670. The first-order valence-corrected chi connectivity index (χ1v) is 26.2. The molecule has 1 unspecified atom stereocenters. The summed E-state index contributed by atoms with van der Waals surface area (Å²) >= 11 is 0. The van der Waals surface area contributed by atoms with Gasteiger partial charge in [-0.1, -0.05) is 224 Å². The molecule has 10 aromatic carbocycles. The molecule has 1 atom stereocenters. The Hall–Kier alpha value is -9.51. The van der Waals surface area contributed by atoms with E-state index in [9.17, 15) is 0 Å². The Labute approximate surface area is 434 Å². The van der Waals surface area contributed by atoms with Gasteiger partial charge in [-0.25, -0.2) is 15.0 Å². The fraction of sp³-hybridized carbons (Fsp3) is 0.0563. The predicted molar refractivity (Wildman–Crippen MR) is 302 cm³/mol. The molecule has 348 valence electrons. The number of rotatable bonds is 5. The van der Waals surface area contributed by atoms with Gasteiger partial charge in [0.1, 0.15) is 5.82 Å². The van der Waals surface area contributed by atoms with Gasteiger partial charge in [-0.2, -0.15) is 0 Å². The number of aromatic nitrogens is 4. The lowest BCUT2D eigenvalue weighted by atomic mass is 9.59. The van der Waals surface area contributed by atoms with Crippen molar-refractivity contribution in [1.29, 1.82) is 0 Å². The van der Waals surface area contributed by atoms with Crippen LogP contribution in [0.4, 0.5) is 0 Å². The van der Waals surface area contributed by atoms with E-state index < -0.39 is 10.8 Å². The second kappa shape index (κ2) is 15.0. The summed E-state index contributed by atoms with van der Waals surface area (Å²) in [5, 5.41) is 3.76. The Morgan fingerprint density at radius 2 is 0.760 bits per heavy atom. The van der Waals surface area contributed by atoms with Gasteiger partial charge in [0.25, 0.3) is 0 Å². The molecule has 4 nitrogen and oxygen atoms in total. The second-order valence-electron chi connectivity index (χ2n) is 20.9. The third kappa shape index (κ3) is 5.28. The third-order valence-corrected chi connectivity index (χ3v) is 17.3. The Morgan fingerprint density at radius 1 is 0.360 bits per heavy atom. The average molecular weight is 953 g/mol. The van der Waals surface area contributed by atoms with E-state index in [0.29, 0.717) is 18.1 Å². The standard InChI is InChI=1S/C71H44N4/c1-5-21-43(22-6-1)47-37-54-55-38-49(69-73-67(45-25-9-3-10-26-45)72-68(74-69)46-27-11-4-12-28-46)42-61-65(55)75-64(54)60(39-47)70(56-33-17-13-29-50(56)51-30-14-18-34-57(51)70)62-40-48(44-23-7-2-8-24-44)41-63(66(62)75)71(61)58-35-19-15-31-52(58)53-32-16-20-36-59(53)71/h1-41,49H,42H2. The largest absolute Gasteiger partial charge is 0.308 e. The fourth-order valence-corrected chi connectivity index (χ4v) is 14.5. The van der Waals surface area contributed by atoms with Crippen LogP contribution in [0.1, 0.15) is 57.1 Å². The van der Waals surface area contributed by atoms with Crippen molar-refractivity contribution in [2.45, 2.75) is 23.2 Å². The molecule has 2 aliphatic heterocycles. The topological polar surface area (TPSA) is 43.6 Å². The molecule has 0 radical (unpaired) electrons. The van der Waals surface area contributed by atoms with Crippen molar-refractivity contribution >= 4 is 22.6 Å². The van der Waals surface area contributed by atoms with Gasteiger partial charge in [-0.15, -0.1) is 0 Å². The quantitative estimate of drug-likeness (QED) is 0.173. The molecule has 5 aliphatic rings. The summed E-state index contributed by atoms with van der Waals surface area (Å²) in [6.07, 6.45) is 3.23. The maximum Gasteiger partial charge on any atom is 0.163 e. The Bertz CT molecular complexity index is 4410. The normalized spacial score (nSPS) is 15.8. The molecule has 2 spiro atoms. The maximum atomic E-state index is 5.53. The van der Waals surface area contributed by atoms with E-state index in [4.69, 9.17) is 15.0 Å². The van der Waals surface area contributed by atoms with Gasteiger partial charge in [0.15, 0.2) is 11.6 Å². The van der Waals surface area contributed by atoms with Gasteiger partial charge < -0.3 is 4.57 Å². The first kappa shape index (κ1) is 41.0. The zero-order chi connectivity index (χ0) is 49.0. The zero-order valence-electron chi connectivity index (χ0n) is 40.7. The highest BCUT2D eigenvalue weighted by Crippen LogP contribution is 2.66. The highest BCUT2D eigenvalue weighted by Gasteiger charge is 2.58. The van der Waals surface area contributed by atoms with Gasteiger partial charge in [-0.05, 0) is 120 Å². The molecule has 3 aliphatic carbocycles. The zero-order valence-corrected chi connectivity index (χ0v) is 40.7. The average Bonchev–Trinajstić information content (AvgIpc) is 4.29. The van der Waals surface area contributed by atoms with Crippen molar-refractivity contribution in [3.63, 3.8) is 0 Å². The van der Waals surface area contributed by atoms with E-state index in [2.05, 4.69) is 253 Å². The lowest BCUT2D eigenvalue weighted by Gasteiger charge is -2.47. The van der Waals surface area contributed by atoms with Crippen molar-refractivity contribution in [2.75, 3.05) is 0 Å². The number of nitrogens with zero attached hydrogens (tertiary/aromatic N) is 4. The number of hydrogen-bond donors (Lipinski definition) is 0. The van der Waals surface area contributed by atoms with Crippen LogP contribution in [0.25, 0.3) is 95.5 Å². The summed E-state index contributed by atoms with van der Waals surface area (Å²) in [4.78, 5) is 16.3. The molecule has 0 N–H and O–H groups in total. The third-order valence-electron chi connectivity index (χ3n) is 17.3. The summed E-state index contributed by atoms with van der Waals surface area (Å²) < 4.78 is 2.73. The van der Waals surface area contributed by atoms with Gasteiger partial charge in [0.05, 0.1) is 27.4 Å². The minimum atomic E-state index is -0.691. The minimum Gasteiger partial charge on any atom is -0.308 e. The SMILES string of the molecule is C1=c2c3n4c5c(cc(-c6ccccc6)cc25)C2(c5ccccc5-c5ccccc52)c2cc(-c5ccccc5)cc(c2-4)C2(C=3CC1c1nc(-c3ccccc3)nc(-c3ccccc3)n1)c1ccccc1-c1ccccc12. The van der Waals surface area contributed by atoms with Gasteiger partial charge in [0.2, 0.25) is 0 Å². The van der Waals surface area contributed by atoms with Crippen molar-refractivity contribution in [3.05, 3.63) is 298 Å². The van der Waals surface area contributed by atoms with Crippen molar-refractivity contribution < 1.29 is 0 Å². The van der Waals surface area contributed by atoms with Gasteiger partial charge in [-0.3, -0.25) is 0 Å². The van der Waals surface area contributed by atoms with Crippen LogP contribution in [-0.4, -0.2) is 19.5 Å². The van der Waals surface area contributed by atoms with Gasteiger partial charge in [0, 0.05) is 27.6 Å². The predicted octanol–water partition coefficient (Wildman–Crippen LogP) is 14.6. The first-order valence-electron chi connectivity index (χ1n) is 26.2. The van der Waals surface area contributed by atoms with Crippen LogP contribution in [0.15, 0.2) is 243 Å². The maximum absolute atomic E-state index is 5.53. The van der Waals surface area contributed by atoms with E-state index in [1.165, 1.54) is 116 Å². The monoisotopic (exact) mass is 952 g/mol. The molecule has 12 aromatic rings. The van der Waals surface area contributed by atoms with Gasteiger partial charge >= 0.3 is 0 Å². The molecule has 4 heteroatoms. The number of benzene rings is 10. The molecule has 4 heterocycles. The minimum absolute atomic E-state index is 0.207. The molecule has 75 heavy (non-hydrogen) atoms. The first-order chi connectivity index (χ1) is 37.2. The van der Waals surface area contributed by atoms with Crippen LogP contribution in [-0.2, 0) is 10.8 Å². The molecular formula is C71H44N4. The van der Waals surface area contributed by atoms with E-state index in [-0.39, 0.29) is 5.92 Å². The summed E-state index contributed by atoms with van der Waals surface area (Å²) in [6.45, 7) is 0. The second-order valence-corrected chi connectivity index (χ2v) is 20.9. The van der Waals surface area contributed by atoms with Crippen molar-refractivity contribution in [1.82, 2.24) is 19.5 Å². The molecule has 0 saturated heterocycles. The molecule has 2 aromatic heterocycles. The highest BCUT2D eigenvalue weighted by molar-refractivity contribution is 6.05. The van der Waals surface area contributed by atoms with E-state index in [0.717, 1.165) is 17.0 Å². The van der Waals surface area contributed by atoms with Crippen LogP contribution in [0.2, 0.25) is 0 Å². The molecule has 17 rings (SSSR count). The number of hydrogen-bond acceptors (Lipinski definition) is 3. The fourth-order valence-electron chi connectivity index (χ4n) is 14.5. The Balaban J connectivity index is 1.10. The smallest absolute Gasteiger partial charge is 0.163 e. The van der Waals surface area contributed by atoms with Crippen molar-refractivity contribution in [3.8, 4) is 73.0 Å². The van der Waals surface area contributed by atoms with Crippen LogP contribution >= 0.6 is 0 Å². The number of fused-ring (bicyclic) bond motifs is 15. The molecule has 0 bridgehead atoms. The lowest BCUT2D eigenvalue weighted by Crippen LogP contribution is -2.49. The highest BCUT2D eigenvalue weighted by atomic mass is 15.1. The van der Waals surface area contributed by atoms with Crippen molar-refractivity contribution in [2.24, 2.45) is 0 Å². The summed E-state index contributed by atoms with van der Waals surface area (Å²) in [5.41, 5.74) is 23.6. The van der Waals surface area contributed by atoms with E-state index >= 15 is 0 Å². The molecule has 0 saturated carbocycles. The Kier molecular flexibility index (Phi) is 8.22. The Morgan fingerprint density at radius 3 is 1.25 bits per heavy atom. The summed E-state index contributed by atoms with van der Waals surface area (Å²) in [7, 11) is 0. The van der Waals surface area contributed by atoms with Crippen LogP contribution in [0.5, 0.6) is 0 Å². The van der Waals surface area contributed by atoms with E-state index in [1.807, 2.05) is 0 Å².